The molecule has 2 aromatic rings. The Kier molecular flexibility index (Phi) is 6.05. The molecule has 8 heteroatoms. The third-order valence-electron chi connectivity index (χ3n) is 5.26. The predicted octanol–water partition coefficient (Wildman–Crippen LogP) is 2.87. The van der Waals surface area contributed by atoms with Crippen LogP contribution in [0.1, 0.15) is 48.8 Å². The molecule has 8 nitrogen and oxygen atoms in total. The van der Waals surface area contributed by atoms with Crippen LogP contribution < -0.4 is 5.32 Å². The van der Waals surface area contributed by atoms with Crippen LogP contribution in [0.4, 0.5) is 5.69 Å². The van der Waals surface area contributed by atoms with Crippen LogP contribution in [-0.4, -0.2) is 38.6 Å². The van der Waals surface area contributed by atoms with E-state index in [4.69, 9.17) is 4.74 Å². The number of aryl methyl sites for hydroxylation is 2. The van der Waals surface area contributed by atoms with E-state index in [9.17, 15) is 14.4 Å². The molecule has 3 rings (SSSR count). The normalized spacial score (nSPS) is 16.0. The minimum Gasteiger partial charge on any atom is -0.452 e. The second kappa shape index (κ2) is 8.52. The molecule has 1 aliphatic heterocycles. The van der Waals surface area contributed by atoms with Crippen molar-refractivity contribution in [3.63, 3.8) is 0 Å². The van der Waals surface area contributed by atoms with E-state index in [0.29, 0.717) is 11.4 Å². The molecular weight excluding hydrogens is 384 g/mol. The van der Waals surface area contributed by atoms with Gasteiger partial charge in [-0.05, 0) is 38.0 Å². The molecule has 0 aliphatic carbocycles. The molecule has 1 N–H and O–H groups in total. The first-order valence-corrected chi connectivity index (χ1v) is 9.75. The van der Waals surface area contributed by atoms with Gasteiger partial charge in [-0.15, -0.1) is 0 Å². The predicted molar refractivity (Wildman–Crippen MR) is 112 cm³/mol. The molecule has 0 radical (unpaired) electrons. The Morgan fingerprint density at radius 2 is 1.93 bits per heavy atom. The highest BCUT2D eigenvalue weighted by molar-refractivity contribution is 5.96. The summed E-state index contributed by atoms with van der Waals surface area (Å²) in [6.07, 6.45) is 2.47. The van der Waals surface area contributed by atoms with Gasteiger partial charge in [-0.3, -0.25) is 19.1 Å². The summed E-state index contributed by atoms with van der Waals surface area (Å²) in [5.41, 5.74) is 3.91. The van der Waals surface area contributed by atoms with Crippen molar-refractivity contribution >= 4 is 29.5 Å². The molecule has 0 fully saturated rings. The summed E-state index contributed by atoms with van der Waals surface area (Å²) in [4.78, 5) is 38.7. The van der Waals surface area contributed by atoms with Crippen LogP contribution >= 0.6 is 0 Å². The van der Waals surface area contributed by atoms with Crippen LogP contribution in [0.2, 0.25) is 0 Å². The third kappa shape index (κ3) is 4.27. The summed E-state index contributed by atoms with van der Waals surface area (Å²) in [7, 11) is 1.79. The number of nitrogens with zero attached hydrogens (tertiary/aromatic N) is 3. The summed E-state index contributed by atoms with van der Waals surface area (Å²) >= 11 is 0. The highest BCUT2D eigenvalue weighted by atomic mass is 16.5. The SMILES string of the molecule is CC(=O)N1C=Cc2ccccc2[C@@H]1CC(=O)O[C@H](C)C(=O)Nc1c(C)nn(C)c1C. The highest BCUT2D eigenvalue weighted by Gasteiger charge is 2.30. The van der Waals surface area contributed by atoms with E-state index in [1.54, 1.807) is 24.9 Å². The summed E-state index contributed by atoms with van der Waals surface area (Å²) in [5, 5.41) is 7.03. The van der Waals surface area contributed by atoms with Gasteiger partial charge in [0.1, 0.15) is 0 Å². The molecule has 1 aromatic carbocycles. The third-order valence-corrected chi connectivity index (χ3v) is 5.26. The lowest BCUT2D eigenvalue weighted by molar-refractivity contribution is -0.154. The monoisotopic (exact) mass is 410 g/mol. The van der Waals surface area contributed by atoms with Gasteiger partial charge in [0.2, 0.25) is 5.91 Å². The lowest BCUT2D eigenvalue weighted by atomic mass is 9.94. The van der Waals surface area contributed by atoms with E-state index in [-0.39, 0.29) is 12.3 Å². The van der Waals surface area contributed by atoms with Crippen molar-refractivity contribution in [3.05, 3.63) is 53.0 Å². The number of aromatic nitrogens is 2. The molecule has 0 spiro atoms. The van der Waals surface area contributed by atoms with E-state index in [1.165, 1.54) is 18.7 Å². The first-order chi connectivity index (χ1) is 14.2. The lowest BCUT2D eigenvalue weighted by Crippen LogP contribution is -2.35. The molecular formula is C22H26N4O4. The Morgan fingerprint density at radius 1 is 1.23 bits per heavy atom. The van der Waals surface area contributed by atoms with Gasteiger partial charge in [-0.1, -0.05) is 24.3 Å². The molecule has 2 amide bonds. The van der Waals surface area contributed by atoms with Crippen molar-refractivity contribution in [2.45, 2.75) is 46.3 Å². The number of carbonyl (C=O) groups excluding carboxylic acids is 3. The fourth-order valence-electron chi connectivity index (χ4n) is 3.55. The smallest absolute Gasteiger partial charge is 0.309 e. The minimum atomic E-state index is -0.989. The van der Waals surface area contributed by atoms with Gasteiger partial charge < -0.3 is 15.0 Å². The fourth-order valence-corrected chi connectivity index (χ4v) is 3.55. The number of fused-ring (bicyclic) bond motifs is 1. The molecule has 0 unspecified atom stereocenters. The van der Waals surface area contributed by atoms with Gasteiger partial charge in [0.15, 0.2) is 6.10 Å². The number of anilines is 1. The van der Waals surface area contributed by atoms with Gasteiger partial charge in [0.25, 0.3) is 5.91 Å². The number of carbonyl (C=O) groups is 3. The van der Waals surface area contributed by atoms with Gasteiger partial charge in [-0.25, -0.2) is 0 Å². The van der Waals surface area contributed by atoms with Crippen molar-refractivity contribution in [1.82, 2.24) is 14.7 Å². The van der Waals surface area contributed by atoms with Crippen molar-refractivity contribution in [2.75, 3.05) is 5.32 Å². The Labute approximate surface area is 175 Å². The number of hydrogen-bond donors (Lipinski definition) is 1. The summed E-state index contributed by atoms with van der Waals surface area (Å²) in [6.45, 7) is 6.61. The second-order valence-electron chi connectivity index (χ2n) is 7.38. The van der Waals surface area contributed by atoms with Crippen molar-refractivity contribution < 1.29 is 19.1 Å². The maximum absolute atomic E-state index is 12.6. The van der Waals surface area contributed by atoms with Crippen LogP contribution in [0, 0.1) is 13.8 Å². The number of amides is 2. The van der Waals surface area contributed by atoms with Gasteiger partial charge in [0.05, 0.1) is 29.5 Å². The number of hydrogen-bond acceptors (Lipinski definition) is 5. The van der Waals surface area contributed by atoms with E-state index in [2.05, 4.69) is 10.4 Å². The topological polar surface area (TPSA) is 93.5 Å². The molecule has 1 aromatic heterocycles. The largest absolute Gasteiger partial charge is 0.452 e. The van der Waals surface area contributed by atoms with Crippen LogP contribution in [0.3, 0.4) is 0 Å². The highest BCUT2D eigenvalue weighted by Crippen LogP contribution is 2.33. The molecule has 2 atom stereocenters. The van der Waals surface area contributed by atoms with Gasteiger partial charge >= 0.3 is 5.97 Å². The fraction of sp³-hybridized carbons (Fsp3) is 0.364. The van der Waals surface area contributed by atoms with E-state index in [1.807, 2.05) is 37.3 Å². The number of esters is 1. The first-order valence-electron chi connectivity index (χ1n) is 9.75. The maximum atomic E-state index is 12.6. The van der Waals surface area contributed by atoms with E-state index >= 15 is 0 Å². The number of ether oxygens (including phenoxy) is 1. The van der Waals surface area contributed by atoms with Gasteiger partial charge in [0, 0.05) is 20.2 Å². The number of benzene rings is 1. The first kappa shape index (κ1) is 21.3. The average molecular weight is 410 g/mol. The zero-order valence-electron chi connectivity index (χ0n) is 17.8. The molecule has 2 heterocycles. The quantitative estimate of drug-likeness (QED) is 0.765. The van der Waals surface area contributed by atoms with Crippen LogP contribution in [-0.2, 0) is 26.2 Å². The van der Waals surface area contributed by atoms with Crippen LogP contribution in [0.25, 0.3) is 6.08 Å². The van der Waals surface area contributed by atoms with Crippen molar-refractivity contribution in [1.29, 1.82) is 0 Å². The molecule has 0 saturated carbocycles. The zero-order chi connectivity index (χ0) is 22.0. The molecule has 0 bridgehead atoms. The standard InChI is InChI=1S/C22H26N4O4/c1-13-21(14(2)25(5)24-13)23-22(29)15(3)30-20(28)12-19-18-9-7-6-8-17(18)10-11-26(19)16(4)27/h6-11,15,19H,12H2,1-5H3,(H,23,29)/t15-,19+/m1/s1. The van der Waals surface area contributed by atoms with Crippen molar-refractivity contribution in [2.24, 2.45) is 7.05 Å². The summed E-state index contributed by atoms with van der Waals surface area (Å²) < 4.78 is 7.05. The molecule has 0 saturated heterocycles. The summed E-state index contributed by atoms with van der Waals surface area (Å²) in [6, 6.07) is 7.10. The number of nitrogens with one attached hydrogen (secondary N) is 1. The Morgan fingerprint density at radius 3 is 2.57 bits per heavy atom. The average Bonchev–Trinajstić information content (AvgIpc) is 2.93. The minimum absolute atomic E-state index is 0.0521. The lowest BCUT2D eigenvalue weighted by Gasteiger charge is -2.32. The van der Waals surface area contributed by atoms with Gasteiger partial charge in [-0.2, -0.15) is 5.10 Å². The Bertz CT molecular complexity index is 1020. The molecule has 158 valence electrons. The Balaban J connectivity index is 1.68. The number of rotatable bonds is 5. The molecule has 30 heavy (non-hydrogen) atoms. The van der Waals surface area contributed by atoms with E-state index < -0.39 is 24.0 Å². The zero-order valence-corrected chi connectivity index (χ0v) is 17.8. The maximum Gasteiger partial charge on any atom is 0.309 e. The Hall–Kier alpha value is -3.42. The van der Waals surface area contributed by atoms with Crippen LogP contribution in [0.15, 0.2) is 30.5 Å². The summed E-state index contributed by atoms with van der Waals surface area (Å²) in [5.74, 6) is -1.17. The van der Waals surface area contributed by atoms with Crippen LogP contribution in [0.5, 0.6) is 0 Å². The molecule has 1 aliphatic rings. The second-order valence-corrected chi connectivity index (χ2v) is 7.38. The van der Waals surface area contributed by atoms with Crippen molar-refractivity contribution in [3.8, 4) is 0 Å². The van der Waals surface area contributed by atoms with E-state index in [0.717, 1.165) is 16.8 Å².